The van der Waals surface area contributed by atoms with Crippen molar-refractivity contribution >= 4 is 5.57 Å². The van der Waals surface area contributed by atoms with E-state index in [4.69, 9.17) is 0 Å². The van der Waals surface area contributed by atoms with Gasteiger partial charge in [0, 0.05) is 41.0 Å². The summed E-state index contributed by atoms with van der Waals surface area (Å²) in [5.74, 6) is 0.698. The van der Waals surface area contributed by atoms with Crippen molar-refractivity contribution in [1.29, 1.82) is 0 Å². The molecule has 0 saturated carbocycles. The molecule has 0 saturated heterocycles. The summed E-state index contributed by atoms with van der Waals surface area (Å²) in [4.78, 5) is 4.62. The molecular weight excluding hydrogens is 627 g/mol. The van der Waals surface area contributed by atoms with E-state index in [0.717, 1.165) is 6.42 Å². The molecule has 4 aliphatic rings. The number of allylic oxidation sites excluding steroid dienone is 8. The van der Waals surface area contributed by atoms with Crippen LogP contribution in [0.4, 0.5) is 0 Å². The van der Waals surface area contributed by atoms with E-state index in [-0.39, 0.29) is 28.6 Å². The molecule has 10 rings (SSSR count). The number of hydrogen-bond acceptors (Lipinski definition) is 1. The Morgan fingerprint density at radius 1 is 0.596 bits per heavy atom. The monoisotopic (exact) mass is 667 g/mol. The van der Waals surface area contributed by atoms with E-state index < -0.39 is 0 Å². The van der Waals surface area contributed by atoms with Crippen molar-refractivity contribution in [2.45, 2.75) is 43.4 Å². The Morgan fingerprint density at radius 3 is 2.21 bits per heavy atom. The van der Waals surface area contributed by atoms with Crippen molar-refractivity contribution in [3.8, 4) is 22.3 Å². The number of nitrogens with zero attached hydrogens (tertiary/aromatic N) is 1. The minimum absolute atomic E-state index is 0.0543. The molecule has 1 aromatic heterocycles. The number of fused-ring (bicyclic) bond motifs is 6. The van der Waals surface area contributed by atoms with E-state index in [2.05, 4.69) is 195 Å². The van der Waals surface area contributed by atoms with Gasteiger partial charge in [0.1, 0.15) is 0 Å². The van der Waals surface area contributed by atoms with Crippen molar-refractivity contribution in [3.05, 3.63) is 227 Å². The molecule has 6 aromatic rings. The highest BCUT2D eigenvalue weighted by Gasteiger charge is 2.49. The molecule has 0 N–H and O–H groups in total. The van der Waals surface area contributed by atoms with E-state index in [1.807, 2.05) is 6.20 Å². The third-order valence-electron chi connectivity index (χ3n) is 12.5. The summed E-state index contributed by atoms with van der Waals surface area (Å²) >= 11 is 0. The van der Waals surface area contributed by atoms with Crippen molar-refractivity contribution in [1.82, 2.24) is 4.98 Å². The largest absolute Gasteiger partial charge is 0.264 e. The first-order valence-electron chi connectivity index (χ1n) is 18.7. The Balaban J connectivity index is 1.08. The Labute approximate surface area is 307 Å². The van der Waals surface area contributed by atoms with Crippen molar-refractivity contribution in [3.63, 3.8) is 0 Å². The molecule has 0 spiro atoms. The van der Waals surface area contributed by atoms with Gasteiger partial charge in [-0.3, -0.25) is 4.98 Å². The fraction of sp³-hybridized carbons (Fsp3) is 0.157. The highest BCUT2D eigenvalue weighted by atomic mass is 14.6. The van der Waals surface area contributed by atoms with Gasteiger partial charge in [-0.1, -0.05) is 172 Å². The van der Waals surface area contributed by atoms with Gasteiger partial charge in [-0.2, -0.15) is 0 Å². The average Bonchev–Trinajstić information content (AvgIpc) is 3.67. The highest BCUT2D eigenvalue weighted by molar-refractivity contribution is 5.86. The second kappa shape index (κ2) is 11.9. The molecule has 0 bridgehead atoms. The molecule has 0 radical (unpaired) electrons. The van der Waals surface area contributed by atoms with Gasteiger partial charge >= 0.3 is 0 Å². The van der Waals surface area contributed by atoms with Crippen LogP contribution in [0.1, 0.15) is 82.5 Å². The predicted octanol–water partition coefficient (Wildman–Crippen LogP) is 12.6. The van der Waals surface area contributed by atoms with Crippen LogP contribution in [0.3, 0.4) is 0 Å². The van der Waals surface area contributed by atoms with Gasteiger partial charge in [-0.15, -0.1) is 0 Å². The molecular formula is C51H41N. The predicted molar refractivity (Wildman–Crippen MR) is 215 cm³/mol. The van der Waals surface area contributed by atoms with Crippen LogP contribution in [0.15, 0.2) is 182 Å². The summed E-state index contributed by atoms with van der Waals surface area (Å²) in [6.07, 6.45) is 21.5. The van der Waals surface area contributed by atoms with Crippen molar-refractivity contribution < 1.29 is 0 Å². The maximum atomic E-state index is 4.62. The Hall–Kier alpha value is -5.79. The van der Waals surface area contributed by atoms with E-state index >= 15 is 0 Å². The summed E-state index contributed by atoms with van der Waals surface area (Å²) in [5.41, 5.74) is 17.3. The van der Waals surface area contributed by atoms with Crippen LogP contribution in [-0.2, 0) is 5.41 Å². The zero-order valence-corrected chi connectivity index (χ0v) is 29.7. The second-order valence-electron chi connectivity index (χ2n) is 15.6. The van der Waals surface area contributed by atoms with Crippen LogP contribution in [0.5, 0.6) is 0 Å². The van der Waals surface area contributed by atoms with Crippen LogP contribution >= 0.6 is 0 Å². The van der Waals surface area contributed by atoms with Gasteiger partial charge in [-0.05, 0) is 90.9 Å². The average molecular weight is 668 g/mol. The number of aromatic nitrogens is 1. The van der Waals surface area contributed by atoms with E-state index in [1.165, 1.54) is 72.3 Å². The highest BCUT2D eigenvalue weighted by Crippen LogP contribution is 2.61. The summed E-state index contributed by atoms with van der Waals surface area (Å²) in [5, 5.41) is 0. The molecule has 250 valence electrons. The van der Waals surface area contributed by atoms with Crippen molar-refractivity contribution in [2.24, 2.45) is 5.41 Å². The first kappa shape index (κ1) is 31.0. The topological polar surface area (TPSA) is 12.9 Å². The Kier molecular flexibility index (Phi) is 7.08. The van der Waals surface area contributed by atoms with Gasteiger partial charge in [0.2, 0.25) is 0 Å². The number of rotatable bonds is 5. The molecule has 52 heavy (non-hydrogen) atoms. The zero-order valence-electron chi connectivity index (χ0n) is 29.7. The lowest BCUT2D eigenvalue weighted by molar-refractivity contribution is 0.367. The molecule has 0 aliphatic heterocycles. The molecule has 4 aliphatic carbocycles. The lowest BCUT2D eigenvalue weighted by Crippen LogP contribution is -2.25. The van der Waals surface area contributed by atoms with E-state index in [9.17, 15) is 0 Å². The standard InChI is InChI=1S/C51H41N/c1-50(24-12-5-13-25-50)40-29-38(34-14-6-3-7-15-34)28-39(30-40)48-42-19-11-10-18-41(42)45-31-36(20-21-43(45)48)37-22-26-51(2)47(32-37)46-33-52-27-23-44(46)49(51)35-16-8-4-9-17-35/h3-24,26-33,47-49H,25H2,1-2H3. The van der Waals surface area contributed by atoms with Crippen LogP contribution in [-0.4, -0.2) is 4.98 Å². The summed E-state index contributed by atoms with van der Waals surface area (Å²) in [6, 6.07) is 47.8. The molecule has 5 aromatic carbocycles. The fourth-order valence-electron chi connectivity index (χ4n) is 9.77. The molecule has 5 atom stereocenters. The Bertz CT molecular complexity index is 2480. The van der Waals surface area contributed by atoms with Gasteiger partial charge in [0.05, 0.1) is 0 Å². The van der Waals surface area contributed by atoms with E-state index in [1.54, 1.807) is 0 Å². The lowest BCUT2D eigenvalue weighted by Gasteiger charge is -2.36. The SMILES string of the molecule is CC1(c2cc(-c3ccccc3)cc(C3c4ccccc4-c4cc(C5=CC6c7cnccc7C(c7ccccc7)C6(C)C=C5)ccc43)c2)C=CC=CC1. The quantitative estimate of drug-likeness (QED) is 0.178. The second-order valence-corrected chi connectivity index (χ2v) is 15.6. The minimum Gasteiger partial charge on any atom is -0.264 e. The zero-order chi connectivity index (χ0) is 34.9. The molecule has 0 amide bonds. The lowest BCUT2D eigenvalue weighted by atomic mass is 9.66. The van der Waals surface area contributed by atoms with E-state index in [0.29, 0.717) is 0 Å². The normalized spacial score (nSPS) is 24.9. The smallest absolute Gasteiger partial charge is 0.0352 e. The first-order valence-corrected chi connectivity index (χ1v) is 18.7. The number of hydrogen-bond donors (Lipinski definition) is 0. The maximum Gasteiger partial charge on any atom is 0.0352 e. The van der Waals surface area contributed by atoms with Crippen molar-refractivity contribution in [2.75, 3.05) is 0 Å². The van der Waals surface area contributed by atoms with Crippen LogP contribution < -0.4 is 0 Å². The van der Waals surface area contributed by atoms with Crippen LogP contribution in [0.25, 0.3) is 27.8 Å². The summed E-state index contributed by atoms with van der Waals surface area (Å²) < 4.78 is 0. The third kappa shape index (κ3) is 4.79. The maximum absolute atomic E-state index is 4.62. The van der Waals surface area contributed by atoms with Crippen LogP contribution in [0, 0.1) is 5.41 Å². The van der Waals surface area contributed by atoms with Crippen LogP contribution in [0.2, 0.25) is 0 Å². The van der Waals surface area contributed by atoms with Gasteiger partial charge in [0.25, 0.3) is 0 Å². The number of pyridine rings is 1. The molecule has 1 heterocycles. The minimum atomic E-state index is -0.0634. The van der Waals surface area contributed by atoms with Gasteiger partial charge in [0.15, 0.2) is 0 Å². The summed E-state index contributed by atoms with van der Waals surface area (Å²) in [6.45, 7) is 4.81. The molecule has 0 fully saturated rings. The first-order chi connectivity index (χ1) is 25.5. The Morgan fingerprint density at radius 2 is 1.38 bits per heavy atom. The summed E-state index contributed by atoms with van der Waals surface area (Å²) in [7, 11) is 0. The van der Waals surface area contributed by atoms with Gasteiger partial charge in [-0.25, -0.2) is 0 Å². The third-order valence-corrected chi connectivity index (χ3v) is 12.5. The molecule has 5 unspecified atom stereocenters. The fourth-order valence-corrected chi connectivity index (χ4v) is 9.77. The number of benzene rings is 5. The molecule has 1 nitrogen and oxygen atoms in total. The van der Waals surface area contributed by atoms with Gasteiger partial charge < -0.3 is 0 Å². The molecule has 1 heteroatoms.